The van der Waals surface area contributed by atoms with E-state index in [2.05, 4.69) is 0 Å². The Kier molecular flexibility index (Phi) is 1.78. The zero-order chi connectivity index (χ0) is 6.69. The van der Waals surface area contributed by atoms with Crippen molar-refractivity contribution >= 4 is 19.8 Å². The van der Waals surface area contributed by atoms with Gasteiger partial charge >= 0.3 is 53.0 Å². The minimum atomic E-state index is -0.879. The third-order valence-corrected chi connectivity index (χ3v) is 1.02. The van der Waals surface area contributed by atoms with Crippen molar-refractivity contribution in [1.82, 2.24) is 0 Å². The number of aromatic carboxylic acids is 1. The summed E-state index contributed by atoms with van der Waals surface area (Å²) in [6.45, 7) is 3.34. The molecule has 42 valence electrons. The maximum absolute atomic E-state index is 10.2. The first kappa shape index (κ1) is 6.20. The summed E-state index contributed by atoms with van der Waals surface area (Å²) >= 11 is 0. The van der Waals surface area contributed by atoms with Crippen LogP contribution in [0.4, 0.5) is 0 Å². The normalized spacial score (nSPS) is 8.00. The molecule has 0 radical (unpaired) electrons. The minimum absolute atomic E-state index is 0.331. The Bertz CT molecular complexity index is 209. The number of hydrogen-bond donors (Lipinski definition) is 1. The first-order valence-corrected chi connectivity index (χ1v) is 2.59. The predicted molar refractivity (Wildman–Crippen MR) is 36.1 cm³/mol. The molecule has 0 amide bonds. The van der Waals surface area contributed by atoms with Gasteiger partial charge in [-0.05, 0) is 0 Å². The van der Waals surface area contributed by atoms with E-state index in [4.69, 9.17) is 5.11 Å². The van der Waals surface area contributed by atoms with E-state index < -0.39 is 5.97 Å². The van der Waals surface area contributed by atoms with Crippen LogP contribution in [0.25, 0.3) is 0 Å². The summed E-state index contributed by atoms with van der Waals surface area (Å²) in [5.74, 6) is 2.52. The molecule has 4 heteroatoms. The van der Waals surface area contributed by atoms with E-state index in [0.717, 1.165) is 0 Å². The van der Waals surface area contributed by atoms with Gasteiger partial charge in [0.1, 0.15) is 0 Å². The van der Waals surface area contributed by atoms with Crippen LogP contribution >= 0.6 is 0 Å². The number of hydrogen-bond acceptors (Lipinski definition) is 1. The van der Waals surface area contributed by atoms with Crippen molar-refractivity contribution in [3.8, 4) is 0 Å². The molecule has 0 unspecified atom stereocenters. The van der Waals surface area contributed by atoms with E-state index in [1.54, 1.807) is 31.7 Å². The van der Waals surface area contributed by atoms with Crippen molar-refractivity contribution in [3.05, 3.63) is 23.3 Å². The van der Waals surface area contributed by atoms with Gasteiger partial charge in [-0.15, -0.1) is 0 Å². The third kappa shape index (κ3) is 1.49. The van der Waals surface area contributed by atoms with Gasteiger partial charge in [-0.1, -0.05) is 0 Å². The molecule has 1 aromatic heterocycles. The van der Waals surface area contributed by atoms with Crippen molar-refractivity contribution in [2.24, 2.45) is 0 Å². The molecule has 0 aliphatic rings. The summed E-state index contributed by atoms with van der Waals surface area (Å²) in [5, 5.41) is 8.38. The van der Waals surface area contributed by atoms with Crippen molar-refractivity contribution in [2.75, 3.05) is 0 Å². The van der Waals surface area contributed by atoms with E-state index >= 15 is 0 Å². The van der Waals surface area contributed by atoms with Crippen molar-refractivity contribution in [2.45, 2.75) is 0 Å². The average Bonchev–Trinajstić information content (AvgIpc) is 1.90. The Morgan fingerprint density at radius 2 is 2.44 bits per heavy atom. The molecule has 0 saturated heterocycles. The molecule has 9 heavy (non-hydrogen) atoms. The fourth-order valence-corrected chi connectivity index (χ4v) is 0.581. The Balaban J connectivity index is 2.98. The predicted octanol–water partition coefficient (Wildman–Crippen LogP) is 0.0610. The molecule has 0 saturated carbocycles. The summed E-state index contributed by atoms with van der Waals surface area (Å²) in [5.41, 5.74) is 0.331. The first-order valence-electron chi connectivity index (χ1n) is 2.59. The van der Waals surface area contributed by atoms with Crippen LogP contribution in [-0.4, -0.2) is 24.9 Å². The molecular formula is C5H4B2O2. The SMILES string of the molecule is O=C(O)c1bcbcc1. The number of carbonyl (C=O) groups is 1. The van der Waals surface area contributed by atoms with E-state index in [1.807, 2.05) is 0 Å². The van der Waals surface area contributed by atoms with Crippen LogP contribution in [0.5, 0.6) is 0 Å². The molecule has 0 aliphatic carbocycles. The molecule has 0 atom stereocenters. The van der Waals surface area contributed by atoms with Gasteiger partial charge in [-0.2, -0.15) is 0 Å². The van der Waals surface area contributed by atoms with Crippen LogP contribution in [-0.2, 0) is 0 Å². The molecule has 1 N–H and O–H groups in total. The summed E-state index contributed by atoms with van der Waals surface area (Å²) < 4.78 is 0. The van der Waals surface area contributed by atoms with Gasteiger partial charge < -0.3 is 0 Å². The van der Waals surface area contributed by atoms with Crippen LogP contribution in [0.15, 0.2) is 17.9 Å². The fourth-order valence-electron chi connectivity index (χ4n) is 0.581. The first-order chi connectivity index (χ1) is 4.30. The molecule has 0 aliphatic heterocycles. The second kappa shape index (κ2) is 2.58. The van der Waals surface area contributed by atoms with Crippen molar-refractivity contribution in [1.29, 1.82) is 0 Å². The molecule has 2 nitrogen and oxygen atoms in total. The van der Waals surface area contributed by atoms with Gasteiger partial charge in [0.05, 0.1) is 0 Å². The molecule has 1 heterocycles. The number of carboxylic acids is 1. The van der Waals surface area contributed by atoms with Gasteiger partial charge in [-0.3, -0.25) is 0 Å². The van der Waals surface area contributed by atoms with E-state index in [9.17, 15) is 4.79 Å². The molecule has 0 aromatic carbocycles. The zero-order valence-corrected chi connectivity index (χ0v) is 4.74. The summed E-state index contributed by atoms with van der Waals surface area (Å²) in [6.07, 6.45) is 0. The Labute approximate surface area is 54.0 Å². The average molecular weight is 118 g/mol. The zero-order valence-electron chi connectivity index (χ0n) is 4.74. The molecule has 1 aromatic rings. The topological polar surface area (TPSA) is 37.3 Å². The summed E-state index contributed by atoms with van der Waals surface area (Å²) in [4.78, 5) is 10.2. The maximum atomic E-state index is 10.2. The Morgan fingerprint density at radius 3 is 2.78 bits per heavy atom. The third-order valence-electron chi connectivity index (χ3n) is 1.02. The Morgan fingerprint density at radius 1 is 1.67 bits per heavy atom. The number of rotatable bonds is 1. The monoisotopic (exact) mass is 118 g/mol. The van der Waals surface area contributed by atoms with Crippen molar-refractivity contribution < 1.29 is 9.90 Å². The van der Waals surface area contributed by atoms with Crippen molar-refractivity contribution in [3.63, 3.8) is 0 Å². The van der Waals surface area contributed by atoms with Gasteiger partial charge in [0.2, 0.25) is 0 Å². The van der Waals surface area contributed by atoms with Crippen LogP contribution in [0.3, 0.4) is 0 Å². The molecular weight excluding hydrogens is 114 g/mol. The van der Waals surface area contributed by atoms with Gasteiger partial charge in [0.25, 0.3) is 0 Å². The van der Waals surface area contributed by atoms with Crippen LogP contribution in [0.1, 0.15) is 10.3 Å². The van der Waals surface area contributed by atoms with E-state index in [-0.39, 0.29) is 0 Å². The molecule has 0 spiro atoms. The fraction of sp³-hybridized carbons (Fsp3) is 0. The van der Waals surface area contributed by atoms with E-state index in [0.29, 0.717) is 5.46 Å². The summed E-state index contributed by atoms with van der Waals surface area (Å²) in [6, 6.07) is 1.56. The molecule has 0 bridgehead atoms. The summed E-state index contributed by atoms with van der Waals surface area (Å²) in [7, 11) is 0. The second-order valence-corrected chi connectivity index (χ2v) is 1.67. The van der Waals surface area contributed by atoms with Crippen LogP contribution in [0.2, 0.25) is 0 Å². The van der Waals surface area contributed by atoms with Gasteiger partial charge in [0, 0.05) is 0 Å². The van der Waals surface area contributed by atoms with Crippen LogP contribution in [0, 0.1) is 0 Å². The van der Waals surface area contributed by atoms with E-state index in [1.165, 1.54) is 0 Å². The second-order valence-electron chi connectivity index (χ2n) is 1.67. The Hall–Kier alpha value is -0.920. The van der Waals surface area contributed by atoms with Gasteiger partial charge in [-0.25, -0.2) is 0 Å². The molecule has 1 rings (SSSR count). The standard InChI is InChI=1S/C5H4B2O2/c8-5(9)4-1-2-6-3-7-4/h1-3H,(H,8,9). The quantitative estimate of drug-likeness (QED) is 0.565. The number of carboxylic acid groups (broad SMARTS) is 1. The van der Waals surface area contributed by atoms with Gasteiger partial charge in [0.15, 0.2) is 0 Å². The molecule has 0 fully saturated rings. The van der Waals surface area contributed by atoms with Crippen LogP contribution < -0.4 is 0 Å².